The molecule has 0 unspecified atom stereocenters. The van der Waals surface area contributed by atoms with Gasteiger partial charge in [0.15, 0.2) is 0 Å². The zero-order valence-corrected chi connectivity index (χ0v) is 17.8. The van der Waals surface area contributed by atoms with Gasteiger partial charge in [-0.2, -0.15) is 0 Å². The number of halogens is 3. The van der Waals surface area contributed by atoms with E-state index in [4.69, 9.17) is 5.73 Å². The van der Waals surface area contributed by atoms with E-state index in [1.165, 1.54) is 30.3 Å². The number of nitrogens with one attached hydrogen (secondary N) is 1. The normalized spacial score (nSPS) is 11.6. The fourth-order valence-electron chi connectivity index (χ4n) is 3.51. The highest BCUT2D eigenvalue weighted by atomic mass is 19.4. The lowest BCUT2D eigenvalue weighted by Gasteiger charge is -2.12. The predicted octanol–water partition coefficient (Wildman–Crippen LogP) is 4.36. The number of ether oxygens (including phenoxy) is 1. The van der Waals surface area contributed by atoms with Gasteiger partial charge in [-0.05, 0) is 62.0 Å². The molecule has 1 aromatic heterocycles. The molecule has 8 nitrogen and oxygen atoms in total. The number of nitro benzene ring substituents is 1. The van der Waals surface area contributed by atoms with Gasteiger partial charge in [-0.1, -0.05) is 12.1 Å². The molecule has 0 fully saturated rings. The van der Waals surface area contributed by atoms with E-state index in [0.29, 0.717) is 29.8 Å². The van der Waals surface area contributed by atoms with Crippen LogP contribution in [-0.4, -0.2) is 47.7 Å². The van der Waals surface area contributed by atoms with Crippen molar-refractivity contribution in [3.63, 3.8) is 0 Å². The highest BCUT2D eigenvalue weighted by Crippen LogP contribution is 2.38. The SMILES string of the molecule is CN(C)CCc1c(-c2ccc(OC(F)(F)F)cc2)[nH]c(-c2ccccc2[N+](=O)[O-])c1C(N)=O. The Morgan fingerprint density at radius 3 is 2.30 bits per heavy atom. The van der Waals surface area contributed by atoms with E-state index < -0.39 is 22.9 Å². The average molecular weight is 462 g/mol. The Balaban J connectivity index is 2.20. The lowest BCUT2D eigenvalue weighted by Crippen LogP contribution is -2.19. The highest BCUT2D eigenvalue weighted by Gasteiger charge is 2.31. The Labute approximate surface area is 186 Å². The van der Waals surface area contributed by atoms with Crippen LogP contribution < -0.4 is 10.5 Å². The van der Waals surface area contributed by atoms with E-state index in [0.717, 1.165) is 12.1 Å². The third-order valence-electron chi connectivity index (χ3n) is 4.91. The molecule has 1 heterocycles. The summed E-state index contributed by atoms with van der Waals surface area (Å²) in [4.78, 5) is 28.4. The summed E-state index contributed by atoms with van der Waals surface area (Å²) in [5.74, 6) is -1.18. The van der Waals surface area contributed by atoms with Crippen molar-refractivity contribution >= 4 is 11.6 Å². The van der Waals surface area contributed by atoms with E-state index in [1.54, 1.807) is 6.07 Å². The van der Waals surface area contributed by atoms with Crippen LogP contribution in [0.15, 0.2) is 48.5 Å². The summed E-state index contributed by atoms with van der Waals surface area (Å²) in [6.45, 7) is 0.525. The van der Waals surface area contributed by atoms with Crippen LogP contribution in [0.3, 0.4) is 0 Å². The second-order valence-corrected chi connectivity index (χ2v) is 7.49. The fourth-order valence-corrected chi connectivity index (χ4v) is 3.51. The maximum atomic E-state index is 12.5. The molecule has 0 saturated heterocycles. The van der Waals surface area contributed by atoms with Crippen LogP contribution in [0.1, 0.15) is 15.9 Å². The van der Waals surface area contributed by atoms with Gasteiger partial charge in [0.2, 0.25) is 0 Å². The molecule has 0 aliphatic carbocycles. The minimum Gasteiger partial charge on any atom is -0.406 e. The molecule has 1 amide bonds. The van der Waals surface area contributed by atoms with E-state index in [-0.39, 0.29) is 22.5 Å². The molecule has 3 N–H and O–H groups in total. The molecule has 3 rings (SSSR count). The number of amides is 1. The number of likely N-dealkylation sites (N-methyl/N-ethyl adjacent to an activating group) is 1. The molecule has 0 radical (unpaired) electrons. The number of aromatic nitrogens is 1. The first-order valence-electron chi connectivity index (χ1n) is 9.77. The Morgan fingerprint density at radius 1 is 1.12 bits per heavy atom. The smallest absolute Gasteiger partial charge is 0.406 e. The maximum Gasteiger partial charge on any atom is 0.573 e. The number of primary amides is 1. The Bertz CT molecular complexity index is 1170. The summed E-state index contributed by atoms with van der Waals surface area (Å²) in [6.07, 6.45) is -4.47. The maximum absolute atomic E-state index is 12.5. The van der Waals surface area contributed by atoms with Crippen molar-refractivity contribution in [3.8, 4) is 28.3 Å². The minimum atomic E-state index is -4.83. The first kappa shape index (κ1) is 23.8. The molecular formula is C22H21F3N4O4. The van der Waals surface area contributed by atoms with E-state index in [1.807, 2.05) is 19.0 Å². The lowest BCUT2D eigenvalue weighted by molar-refractivity contribution is -0.384. The minimum absolute atomic E-state index is 0.0942. The van der Waals surface area contributed by atoms with Gasteiger partial charge in [0, 0.05) is 18.3 Å². The van der Waals surface area contributed by atoms with Crippen molar-refractivity contribution in [1.82, 2.24) is 9.88 Å². The molecule has 174 valence electrons. The van der Waals surface area contributed by atoms with Crippen LogP contribution in [0.5, 0.6) is 5.75 Å². The van der Waals surface area contributed by atoms with Crippen LogP contribution in [-0.2, 0) is 6.42 Å². The number of carbonyl (C=O) groups excluding carboxylic acids is 1. The van der Waals surface area contributed by atoms with Gasteiger partial charge in [-0.15, -0.1) is 13.2 Å². The van der Waals surface area contributed by atoms with Gasteiger partial charge >= 0.3 is 6.36 Å². The lowest BCUT2D eigenvalue weighted by atomic mass is 9.98. The van der Waals surface area contributed by atoms with Crippen LogP contribution in [0.2, 0.25) is 0 Å². The summed E-state index contributed by atoms with van der Waals surface area (Å²) in [5, 5.41) is 11.6. The van der Waals surface area contributed by atoms with Crippen LogP contribution in [0, 0.1) is 10.1 Å². The standard InChI is InChI=1S/C22H21F3N4O4/c1-28(2)12-11-16-18(21(26)30)20(15-5-3-4-6-17(15)29(31)32)27-19(16)13-7-9-14(10-8-13)33-22(23,24)25/h3-10,27H,11-12H2,1-2H3,(H2,26,30). The average Bonchev–Trinajstić information content (AvgIpc) is 3.11. The number of carbonyl (C=O) groups is 1. The number of benzene rings is 2. The first-order valence-corrected chi connectivity index (χ1v) is 9.77. The zero-order valence-electron chi connectivity index (χ0n) is 17.8. The molecule has 0 saturated carbocycles. The van der Waals surface area contributed by atoms with Crippen molar-refractivity contribution in [1.29, 1.82) is 0 Å². The molecule has 0 bridgehead atoms. The molecule has 0 aliphatic rings. The summed E-state index contributed by atoms with van der Waals surface area (Å²) in [7, 11) is 3.67. The van der Waals surface area contributed by atoms with Crippen molar-refractivity contribution in [2.24, 2.45) is 5.73 Å². The second kappa shape index (κ2) is 9.33. The number of aromatic amines is 1. The van der Waals surface area contributed by atoms with Crippen molar-refractivity contribution in [2.75, 3.05) is 20.6 Å². The number of hydrogen-bond acceptors (Lipinski definition) is 5. The van der Waals surface area contributed by atoms with Crippen molar-refractivity contribution in [2.45, 2.75) is 12.8 Å². The number of rotatable bonds is 8. The van der Waals surface area contributed by atoms with Crippen molar-refractivity contribution < 1.29 is 27.6 Å². The third-order valence-corrected chi connectivity index (χ3v) is 4.91. The Morgan fingerprint density at radius 2 is 1.76 bits per heavy atom. The van der Waals surface area contributed by atoms with Gasteiger partial charge in [0.1, 0.15) is 5.75 Å². The molecule has 2 aromatic carbocycles. The molecular weight excluding hydrogens is 441 g/mol. The summed E-state index contributed by atoms with van der Waals surface area (Å²) in [6, 6.07) is 11.0. The quantitative estimate of drug-likeness (QED) is 0.381. The molecule has 0 spiro atoms. The predicted molar refractivity (Wildman–Crippen MR) is 116 cm³/mol. The zero-order chi connectivity index (χ0) is 24.3. The van der Waals surface area contributed by atoms with Gasteiger partial charge in [-0.3, -0.25) is 14.9 Å². The second-order valence-electron chi connectivity index (χ2n) is 7.49. The van der Waals surface area contributed by atoms with E-state index in [9.17, 15) is 28.1 Å². The summed E-state index contributed by atoms with van der Waals surface area (Å²) >= 11 is 0. The number of nitro groups is 1. The van der Waals surface area contributed by atoms with Crippen LogP contribution >= 0.6 is 0 Å². The molecule has 0 aliphatic heterocycles. The summed E-state index contributed by atoms with van der Waals surface area (Å²) < 4.78 is 41.4. The van der Waals surface area contributed by atoms with E-state index >= 15 is 0 Å². The molecule has 0 atom stereocenters. The van der Waals surface area contributed by atoms with Crippen LogP contribution in [0.4, 0.5) is 18.9 Å². The topological polar surface area (TPSA) is 114 Å². The Hall–Kier alpha value is -3.86. The fraction of sp³-hybridized carbons (Fsp3) is 0.227. The largest absolute Gasteiger partial charge is 0.573 e. The Kier molecular flexibility index (Phi) is 6.73. The molecule has 11 heteroatoms. The van der Waals surface area contributed by atoms with E-state index in [2.05, 4.69) is 9.72 Å². The monoisotopic (exact) mass is 462 g/mol. The number of para-hydroxylation sites is 1. The first-order chi connectivity index (χ1) is 15.5. The van der Waals surface area contributed by atoms with Crippen molar-refractivity contribution in [3.05, 3.63) is 69.8 Å². The van der Waals surface area contributed by atoms with Gasteiger partial charge < -0.3 is 20.4 Å². The number of hydrogen-bond donors (Lipinski definition) is 2. The number of alkyl halides is 3. The van der Waals surface area contributed by atoms with Gasteiger partial charge in [0.05, 0.1) is 21.7 Å². The number of H-pyrrole nitrogens is 1. The molecule has 3 aromatic rings. The van der Waals surface area contributed by atoms with Crippen LogP contribution in [0.25, 0.3) is 22.5 Å². The number of nitrogens with two attached hydrogens (primary N) is 1. The van der Waals surface area contributed by atoms with Gasteiger partial charge in [0.25, 0.3) is 11.6 Å². The highest BCUT2D eigenvalue weighted by molar-refractivity contribution is 6.03. The number of nitrogens with zero attached hydrogens (tertiary/aromatic N) is 2. The third kappa shape index (κ3) is 5.50. The summed E-state index contributed by atoms with van der Waals surface area (Å²) in [5.41, 5.74) is 7.30. The van der Waals surface area contributed by atoms with Gasteiger partial charge in [-0.25, -0.2) is 0 Å². The molecule has 33 heavy (non-hydrogen) atoms.